The molecule has 0 saturated heterocycles. The maximum Gasteiger partial charge on any atom is 0.299 e. The number of ketones is 1. The van der Waals surface area contributed by atoms with Crippen molar-refractivity contribution < 1.29 is 14.3 Å². The number of fused-ring (bicyclic) bond motifs is 1. The topological polar surface area (TPSA) is 59.5 Å². The van der Waals surface area contributed by atoms with Crippen molar-refractivity contribution in [3.63, 3.8) is 0 Å². The lowest BCUT2D eigenvalue weighted by molar-refractivity contribution is -0.114. The summed E-state index contributed by atoms with van der Waals surface area (Å²) in [6.07, 6.45) is 0. The van der Waals surface area contributed by atoms with Gasteiger partial charge in [0.25, 0.3) is 11.7 Å². The first-order valence-electron chi connectivity index (χ1n) is 6.26. The lowest BCUT2D eigenvalue weighted by Crippen LogP contribution is -2.29. The number of hydrogen-bond donors (Lipinski definition) is 0. The van der Waals surface area contributed by atoms with Gasteiger partial charge in [0.2, 0.25) is 5.88 Å². The van der Waals surface area contributed by atoms with Gasteiger partial charge in [-0.05, 0) is 34.1 Å². The summed E-state index contributed by atoms with van der Waals surface area (Å²) in [6.45, 7) is 0.227. The Hall–Kier alpha value is -2.21. The second-order valence-corrected chi connectivity index (χ2v) is 5.38. The van der Waals surface area contributed by atoms with Crippen LogP contribution < -0.4 is 9.64 Å². The molecule has 5 nitrogen and oxygen atoms in total. The molecule has 21 heavy (non-hydrogen) atoms. The van der Waals surface area contributed by atoms with Gasteiger partial charge in [0.05, 0.1) is 30.6 Å². The standard InChI is InChI=1S/C15H11BrN2O3/c1-21-12-7-2-4-9(17-12)8-18-11-6-3-5-10(16)13(11)14(19)15(18)20/h2-7H,8H2,1H3. The monoisotopic (exact) mass is 346 g/mol. The van der Waals surface area contributed by atoms with E-state index in [0.717, 1.165) is 0 Å². The lowest BCUT2D eigenvalue weighted by atomic mass is 10.1. The Kier molecular flexibility index (Phi) is 3.47. The Balaban J connectivity index is 1.98. The molecular weight excluding hydrogens is 336 g/mol. The van der Waals surface area contributed by atoms with E-state index in [-0.39, 0.29) is 6.54 Å². The van der Waals surface area contributed by atoms with Gasteiger partial charge >= 0.3 is 0 Å². The predicted molar refractivity (Wildman–Crippen MR) is 80.5 cm³/mol. The van der Waals surface area contributed by atoms with Crippen LogP contribution >= 0.6 is 15.9 Å². The van der Waals surface area contributed by atoms with E-state index in [1.165, 1.54) is 12.0 Å². The third kappa shape index (κ3) is 2.31. The molecule has 0 aliphatic carbocycles. The van der Waals surface area contributed by atoms with E-state index < -0.39 is 11.7 Å². The van der Waals surface area contributed by atoms with E-state index in [1.807, 2.05) is 0 Å². The van der Waals surface area contributed by atoms with Crippen molar-refractivity contribution in [2.24, 2.45) is 0 Å². The summed E-state index contributed by atoms with van der Waals surface area (Å²) in [5.74, 6) is -0.568. The van der Waals surface area contributed by atoms with Crippen LogP contribution in [0.5, 0.6) is 5.88 Å². The van der Waals surface area contributed by atoms with Gasteiger partial charge in [0.1, 0.15) is 0 Å². The molecule has 0 unspecified atom stereocenters. The lowest BCUT2D eigenvalue weighted by Gasteiger charge is -2.16. The molecule has 2 heterocycles. The van der Waals surface area contributed by atoms with Crippen molar-refractivity contribution in [3.05, 3.63) is 52.1 Å². The number of hydrogen-bond acceptors (Lipinski definition) is 4. The molecule has 6 heteroatoms. The van der Waals surface area contributed by atoms with Crippen LogP contribution in [0.4, 0.5) is 5.69 Å². The number of Topliss-reactive ketones (excluding diaryl/α,β-unsaturated/α-hetero) is 1. The molecule has 0 saturated carbocycles. The van der Waals surface area contributed by atoms with Crippen LogP contribution in [0.1, 0.15) is 16.1 Å². The molecule has 1 aliphatic rings. The highest BCUT2D eigenvalue weighted by Crippen LogP contribution is 2.35. The molecule has 0 atom stereocenters. The molecule has 1 aliphatic heterocycles. The van der Waals surface area contributed by atoms with Crippen molar-refractivity contribution in [2.45, 2.75) is 6.54 Å². The third-order valence-electron chi connectivity index (χ3n) is 3.26. The second-order valence-electron chi connectivity index (χ2n) is 4.53. The number of carbonyl (C=O) groups excluding carboxylic acids is 2. The molecule has 3 rings (SSSR count). The average molecular weight is 347 g/mol. The molecule has 0 fully saturated rings. The SMILES string of the molecule is COc1cccc(CN2C(=O)C(=O)c3c(Br)cccc32)n1. The number of pyridine rings is 1. The highest BCUT2D eigenvalue weighted by molar-refractivity contribution is 9.10. The summed E-state index contributed by atoms with van der Waals surface area (Å²) in [5, 5.41) is 0. The zero-order valence-electron chi connectivity index (χ0n) is 11.2. The minimum atomic E-state index is -0.540. The minimum Gasteiger partial charge on any atom is -0.481 e. The predicted octanol–water partition coefficient (Wildman–Crippen LogP) is 2.58. The third-order valence-corrected chi connectivity index (χ3v) is 3.92. The smallest absolute Gasteiger partial charge is 0.299 e. The van der Waals surface area contributed by atoms with Gasteiger partial charge in [-0.2, -0.15) is 0 Å². The number of ether oxygens (including phenoxy) is 1. The first-order chi connectivity index (χ1) is 10.1. The first kappa shape index (κ1) is 13.8. The minimum absolute atomic E-state index is 0.227. The average Bonchev–Trinajstić information content (AvgIpc) is 2.74. The number of carbonyl (C=O) groups is 2. The fourth-order valence-corrected chi connectivity index (χ4v) is 2.82. The maximum atomic E-state index is 12.2. The molecular formula is C15H11BrN2O3. The fraction of sp³-hybridized carbons (Fsp3) is 0.133. The van der Waals surface area contributed by atoms with Crippen molar-refractivity contribution in [1.82, 2.24) is 4.98 Å². The van der Waals surface area contributed by atoms with Crippen LogP contribution in [0.15, 0.2) is 40.9 Å². The summed E-state index contributed by atoms with van der Waals surface area (Å²) in [4.78, 5) is 29.9. The number of aromatic nitrogens is 1. The van der Waals surface area contributed by atoms with Crippen LogP contribution in [0.2, 0.25) is 0 Å². The van der Waals surface area contributed by atoms with Crippen LogP contribution in [0.25, 0.3) is 0 Å². The maximum absolute atomic E-state index is 12.2. The number of benzene rings is 1. The molecule has 106 valence electrons. The van der Waals surface area contributed by atoms with Gasteiger partial charge < -0.3 is 4.74 Å². The summed E-state index contributed by atoms with van der Waals surface area (Å²) in [5.41, 5.74) is 1.66. The Morgan fingerprint density at radius 3 is 2.71 bits per heavy atom. The van der Waals surface area contributed by atoms with Crippen LogP contribution in [-0.2, 0) is 11.3 Å². The summed E-state index contributed by atoms with van der Waals surface area (Å²) in [6, 6.07) is 10.6. The first-order valence-corrected chi connectivity index (χ1v) is 7.05. The van der Waals surface area contributed by atoms with Crippen LogP contribution in [0.3, 0.4) is 0 Å². The molecule has 1 aromatic heterocycles. The second kappa shape index (κ2) is 5.29. The Labute approximate surface area is 129 Å². The molecule has 1 aromatic carbocycles. The van der Waals surface area contributed by atoms with Crippen molar-refractivity contribution in [1.29, 1.82) is 0 Å². The Morgan fingerprint density at radius 2 is 1.95 bits per heavy atom. The van der Waals surface area contributed by atoms with Crippen molar-refractivity contribution >= 4 is 33.3 Å². The summed E-state index contributed by atoms with van der Waals surface area (Å²) in [7, 11) is 1.53. The van der Waals surface area contributed by atoms with Gasteiger partial charge in [-0.3, -0.25) is 14.5 Å². The largest absolute Gasteiger partial charge is 0.481 e. The van der Waals surface area contributed by atoms with Gasteiger partial charge in [-0.1, -0.05) is 12.1 Å². The highest BCUT2D eigenvalue weighted by atomic mass is 79.9. The molecule has 0 radical (unpaired) electrons. The summed E-state index contributed by atoms with van der Waals surface area (Å²) >= 11 is 3.32. The van der Waals surface area contributed by atoms with Gasteiger partial charge in [-0.15, -0.1) is 0 Å². The summed E-state index contributed by atoms with van der Waals surface area (Å²) < 4.78 is 5.69. The zero-order chi connectivity index (χ0) is 15.0. The van der Waals surface area contributed by atoms with Gasteiger partial charge in [0, 0.05) is 10.5 Å². The fourth-order valence-electron chi connectivity index (χ4n) is 2.28. The van der Waals surface area contributed by atoms with Crippen LogP contribution in [-0.4, -0.2) is 23.8 Å². The number of halogens is 1. The van der Waals surface area contributed by atoms with E-state index in [9.17, 15) is 9.59 Å². The van der Waals surface area contributed by atoms with E-state index in [4.69, 9.17) is 4.74 Å². The zero-order valence-corrected chi connectivity index (χ0v) is 12.8. The van der Waals surface area contributed by atoms with Gasteiger partial charge in [0.15, 0.2) is 0 Å². The Morgan fingerprint density at radius 1 is 1.19 bits per heavy atom. The molecule has 0 spiro atoms. The number of amides is 1. The number of rotatable bonds is 3. The van der Waals surface area contributed by atoms with E-state index in [0.29, 0.717) is 27.3 Å². The van der Waals surface area contributed by atoms with E-state index in [1.54, 1.807) is 36.4 Å². The number of nitrogens with zero attached hydrogens (tertiary/aromatic N) is 2. The normalized spacial score (nSPS) is 13.5. The highest BCUT2D eigenvalue weighted by Gasteiger charge is 2.37. The van der Waals surface area contributed by atoms with E-state index in [2.05, 4.69) is 20.9 Å². The molecule has 2 aromatic rings. The molecule has 1 amide bonds. The number of anilines is 1. The van der Waals surface area contributed by atoms with Crippen LogP contribution in [0, 0.1) is 0 Å². The van der Waals surface area contributed by atoms with Crippen molar-refractivity contribution in [3.8, 4) is 5.88 Å². The number of methoxy groups -OCH3 is 1. The van der Waals surface area contributed by atoms with Gasteiger partial charge in [-0.25, -0.2) is 4.98 Å². The quantitative estimate of drug-likeness (QED) is 0.801. The molecule has 0 bridgehead atoms. The van der Waals surface area contributed by atoms with Crippen molar-refractivity contribution in [2.75, 3.05) is 12.0 Å². The van der Waals surface area contributed by atoms with E-state index >= 15 is 0 Å². The Bertz CT molecular complexity index is 745. The molecule has 0 N–H and O–H groups in total.